The number of hydrogen-bond donors (Lipinski definition) is 1. The van der Waals surface area contributed by atoms with Crippen LogP contribution in [0, 0.1) is 17.8 Å². The molecule has 2 heterocycles. The van der Waals surface area contributed by atoms with Crippen LogP contribution < -0.4 is 5.32 Å². The Morgan fingerprint density at radius 1 is 1.27 bits per heavy atom. The first kappa shape index (κ1) is 19.0. The summed E-state index contributed by atoms with van der Waals surface area (Å²) in [5, 5.41) is 2.82. The van der Waals surface area contributed by atoms with Gasteiger partial charge in [-0.3, -0.25) is 0 Å². The molecule has 2 aliphatic heterocycles. The Bertz CT molecular complexity index is 544. The fourth-order valence-electron chi connectivity index (χ4n) is 4.43. The monoisotopic (exact) mass is 366 g/mol. The first-order valence-corrected chi connectivity index (χ1v) is 9.71. The van der Waals surface area contributed by atoms with Gasteiger partial charge in [-0.05, 0) is 44.7 Å². The van der Waals surface area contributed by atoms with Crippen molar-refractivity contribution < 1.29 is 23.8 Å². The largest absolute Gasteiger partial charge is 0.466 e. The molecule has 7 heteroatoms. The number of fused-ring (bicyclic) bond motifs is 1. The predicted molar refractivity (Wildman–Crippen MR) is 95.1 cm³/mol. The summed E-state index contributed by atoms with van der Waals surface area (Å²) in [6, 6.07) is 0. The lowest BCUT2D eigenvalue weighted by atomic mass is 9.83. The van der Waals surface area contributed by atoms with Gasteiger partial charge in [0.05, 0.1) is 18.9 Å². The molecule has 146 valence electrons. The van der Waals surface area contributed by atoms with E-state index in [0.717, 1.165) is 32.5 Å². The minimum absolute atomic E-state index is 0.0121. The van der Waals surface area contributed by atoms with Crippen LogP contribution in [0.3, 0.4) is 0 Å². The highest BCUT2D eigenvalue weighted by Crippen LogP contribution is 2.46. The van der Waals surface area contributed by atoms with Crippen LogP contribution in [0.2, 0.25) is 0 Å². The van der Waals surface area contributed by atoms with Gasteiger partial charge in [0.15, 0.2) is 0 Å². The van der Waals surface area contributed by atoms with Gasteiger partial charge in [0.1, 0.15) is 0 Å². The summed E-state index contributed by atoms with van der Waals surface area (Å²) >= 11 is 0. The Hall–Kier alpha value is -1.76. The van der Waals surface area contributed by atoms with Gasteiger partial charge in [-0.25, -0.2) is 9.59 Å². The normalized spacial score (nSPS) is 31.4. The van der Waals surface area contributed by atoms with Gasteiger partial charge in [0.2, 0.25) is 6.29 Å². The molecule has 0 bridgehead atoms. The highest BCUT2D eigenvalue weighted by atomic mass is 16.7. The number of alkyl carbamates (subject to hydrolysis) is 1. The number of nitrogens with one attached hydrogen (secondary N) is 1. The van der Waals surface area contributed by atoms with E-state index in [2.05, 4.69) is 17.1 Å². The van der Waals surface area contributed by atoms with Crippen LogP contribution in [0.25, 0.3) is 0 Å². The van der Waals surface area contributed by atoms with E-state index in [1.54, 1.807) is 0 Å². The van der Waals surface area contributed by atoms with Gasteiger partial charge in [0.25, 0.3) is 0 Å². The molecule has 3 aliphatic rings. The second-order valence-electron chi connectivity index (χ2n) is 7.54. The first-order chi connectivity index (χ1) is 12.6. The summed E-state index contributed by atoms with van der Waals surface area (Å²) in [7, 11) is 1.37. The fourth-order valence-corrected chi connectivity index (χ4v) is 4.43. The first-order valence-electron chi connectivity index (χ1n) is 9.71. The standard InChI is InChI=1S/C19H30N2O5/c1-13-6-7-14-15(17(22)24-2)12-25-18(16(13)14)26-19(23)20-8-11-21-9-4-3-5-10-21/h12-14,16,18H,3-11H2,1-2H3,(H,20,23). The van der Waals surface area contributed by atoms with Crippen molar-refractivity contribution in [3.63, 3.8) is 0 Å². The maximum absolute atomic E-state index is 12.2. The number of likely N-dealkylation sites (tertiary alicyclic amines) is 1. The fraction of sp³-hybridized carbons (Fsp3) is 0.789. The molecule has 2 fully saturated rings. The van der Waals surface area contributed by atoms with Gasteiger partial charge >= 0.3 is 12.1 Å². The van der Waals surface area contributed by atoms with Crippen LogP contribution in [0.1, 0.15) is 39.0 Å². The molecule has 1 amide bonds. The Morgan fingerprint density at radius 3 is 2.77 bits per heavy atom. The summed E-state index contributed by atoms with van der Waals surface area (Å²) in [6.07, 6.45) is 5.92. The maximum Gasteiger partial charge on any atom is 0.410 e. The molecule has 0 radical (unpaired) electrons. The lowest BCUT2D eigenvalue weighted by Crippen LogP contribution is -2.43. The van der Waals surface area contributed by atoms with E-state index in [4.69, 9.17) is 14.2 Å². The van der Waals surface area contributed by atoms with E-state index >= 15 is 0 Å². The van der Waals surface area contributed by atoms with Gasteiger partial charge < -0.3 is 24.4 Å². The number of amides is 1. The third-order valence-electron chi connectivity index (χ3n) is 5.89. The third-order valence-corrected chi connectivity index (χ3v) is 5.89. The van der Waals surface area contributed by atoms with Crippen LogP contribution >= 0.6 is 0 Å². The number of hydrogen-bond acceptors (Lipinski definition) is 6. The Kier molecular flexibility index (Phi) is 6.40. The molecule has 0 aromatic heterocycles. The van der Waals surface area contributed by atoms with Crippen LogP contribution in [-0.2, 0) is 19.0 Å². The highest BCUT2D eigenvalue weighted by Gasteiger charge is 2.48. The zero-order chi connectivity index (χ0) is 18.5. The van der Waals surface area contributed by atoms with Crippen molar-refractivity contribution in [3.8, 4) is 0 Å². The summed E-state index contributed by atoms with van der Waals surface area (Å²) in [5.41, 5.74) is 0.548. The number of methoxy groups -OCH3 is 1. The number of carbonyl (C=O) groups excluding carboxylic acids is 2. The summed E-state index contributed by atoms with van der Waals surface area (Å²) in [6.45, 7) is 5.72. The maximum atomic E-state index is 12.2. The SMILES string of the molecule is COC(=O)C1=COC(OC(=O)NCCN2CCCCC2)C2C(C)CCC12. The topological polar surface area (TPSA) is 77.1 Å². The van der Waals surface area contributed by atoms with Gasteiger partial charge in [-0.15, -0.1) is 0 Å². The highest BCUT2D eigenvalue weighted by molar-refractivity contribution is 5.89. The molecule has 7 nitrogen and oxygen atoms in total. The second kappa shape index (κ2) is 8.75. The number of carbonyl (C=O) groups is 2. The van der Waals surface area contributed by atoms with Crippen molar-refractivity contribution in [2.24, 2.45) is 17.8 Å². The number of ether oxygens (including phenoxy) is 3. The number of rotatable bonds is 5. The second-order valence-corrected chi connectivity index (χ2v) is 7.54. The van der Waals surface area contributed by atoms with E-state index in [9.17, 15) is 9.59 Å². The molecule has 4 unspecified atom stereocenters. The Balaban J connectivity index is 1.51. The number of nitrogens with zero attached hydrogens (tertiary/aromatic N) is 1. The lowest BCUT2D eigenvalue weighted by molar-refractivity contribution is -0.145. The molecule has 1 saturated heterocycles. The lowest BCUT2D eigenvalue weighted by Gasteiger charge is -2.34. The van der Waals surface area contributed by atoms with Crippen molar-refractivity contribution in [1.82, 2.24) is 10.2 Å². The van der Waals surface area contributed by atoms with Gasteiger partial charge in [-0.2, -0.15) is 0 Å². The molecule has 26 heavy (non-hydrogen) atoms. The van der Waals surface area contributed by atoms with Crippen molar-refractivity contribution in [3.05, 3.63) is 11.8 Å². The minimum Gasteiger partial charge on any atom is -0.466 e. The van der Waals surface area contributed by atoms with Crippen molar-refractivity contribution in [2.45, 2.75) is 45.3 Å². The van der Waals surface area contributed by atoms with E-state index in [1.165, 1.54) is 32.6 Å². The quantitative estimate of drug-likeness (QED) is 0.752. The van der Waals surface area contributed by atoms with Gasteiger partial charge in [0, 0.05) is 24.9 Å². The summed E-state index contributed by atoms with van der Waals surface area (Å²) in [4.78, 5) is 26.5. The third kappa shape index (κ3) is 4.31. The molecule has 3 rings (SSSR count). The van der Waals surface area contributed by atoms with Crippen molar-refractivity contribution in [2.75, 3.05) is 33.3 Å². The van der Waals surface area contributed by atoms with Crippen molar-refractivity contribution in [1.29, 1.82) is 0 Å². The van der Waals surface area contributed by atoms with Crippen LogP contribution in [0.4, 0.5) is 4.79 Å². The zero-order valence-electron chi connectivity index (χ0n) is 15.7. The van der Waals surface area contributed by atoms with E-state index in [0.29, 0.717) is 18.0 Å². The molecular formula is C19H30N2O5. The van der Waals surface area contributed by atoms with Crippen LogP contribution in [0.15, 0.2) is 11.8 Å². The van der Waals surface area contributed by atoms with Gasteiger partial charge in [-0.1, -0.05) is 13.3 Å². The molecule has 1 saturated carbocycles. The van der Waals surface area contributed by atoms with E-state index in [-0.39, 0.29) is 17.8 Å². The smallest absolute Gasteiger partial charge is 0.410 e. The summed E-state index contributed by atoms with van der Waals surface area (Å²) in [5.74, 6) is -0.0302. The molecule has 0 aromatic carbocycles. The van der Waals surface area contributed by atoms with Crippen LogP contribution in [-0.4, -0.2) is 56.5 Å². The molecule has 1 N–H and O–H groups in total. The molecule has 0 spiro atoms. The average molecular weight is 366 g/mol. The number of esters is 1. The van der Waals surface area contributed by atoms with Crippen LogP contribution in [0.5, 0.6) is 0 Å². The molecule has 1 aliphatic carbocycles. The minimum atomic E-state index is -0.652. The number of piperidine rings is 1. The zero-order valence-corrected chi connectivity index (χ0v) is 15.7. The Labute approximate surface area is 155 Å². The van der Waals surface area contributed by atoms with E-state index in [1.807, 2.05) is 0 Å². The summed E-state index contributed by atoms with van der Waals surface area (Å²) < 4.78 is 16.0. The average Bonchev–Trinajstić information content (AvgIpc) is 3.04. The van der Waals surface area contributed by atoms with Crippen molar-refractivity contribution >= 4 is 12.1 Å². The van der Waals surface area contributed by atoms with E-state index < -0.39 is 12.4 Å². The predicted octanol–water partition coefficient (Wildman–Crippen LogP) is 2.27. The molecule has 0 aromatic rings. The molecular weight excluding hydrogens is 336 g/mol. The molecule has 4 atom stereocenters. The Morgan fingerprint density at radius 2 is 2.04 bits per heavy atom.